The van der Waals surface area contributed by atoms with Crippen LogP contribution in [0.3, 0.4) is 0 Å². The second kappa shape index (κ2) is 14.2. The second-order valence-corrected chi connectivity index (χ2v) is 24.7. The number of fused-ring (bicyclic) bond motifs is 9. The number of benzene rings is 10. The van der Waals surface area contributed by atoms with Gasteiger partial charge in [0, 0.05) is 0 Å². The molecule has 13 rings (SSSR count). The van der Waals surface area contributed by atoms with Crippen LogP contribution in [0.5, 0.6) is 0 Å². The van der Waals surface area contributed by atoms with Gasteiger partial charge in [-0.15, -0.1) is 0 Å². The van der Waals surface area contributed by atoms with E-state index in [4.69, 9.17) is 0 Å². The third-order valence-corrected chi connectivity index (χ3v) is 23.8. The Morgan fingerprint density at radius 1 is 0.254 bits per heavy atom. The number of para-hydroxylation sites is 4. The Labute approximate surface area is 368 Å². The van der Waals surface area contributed by atoms with Crippen LogP contribution >= 0.6 is 0 Å². The summed E-state index contributed by atoms with van der Waals surface area (Å²) in [5.74, 6) is 0. The molecule has 0 amide bonds. The summed E-state index contributed by atoms with van der Waals surface area (Å²) in [4.78, 5) is 0. The van der Waals surface area contributed by atoms with Gasteiger partial charge in [0.15, 0.2) is 0 Å². The molecule has 0 aliphatic carbocycles. The molecule has 0 fully saturated rings. The summed E-state index contributed by atoms with van der Waals surface area (Å²) in [6.45, 7) is 0. The summed E-state index contributed by atoms with van der Waals surface area (Å²) in [5.41, 5.74) is 14.9. The van der Waals surface area contributed by atoms with Gasteiger partial charge in [0.25, 0.3) is 0 Å². The van der Waals surface area contributed by atoms with Crippen molar-refractivity contribution in [3.63, 3.8) is 0 Å². The molecule has 3 heterocycles. The van der Waals surface area contributed by atoms with Crippen molar-refractivity contribution < 1.29 is 0 Å². The Morgan fingerprint density at radius 3 is 1.19 bits per heavy atom. The van der Waals surface area contributed by atoms with Gasteiger partial charge in [-0.2, -0.15) is 0 Å². The summed E-state index contributed by atoms with van der Waals surface area (Å²) < 4.78 is 10.7. The molecule has 0 saturated heterocycles. The fourth-order valence-corrected chi connectivity index (χ4v) is 21.9. The first kappa shape index (κ1) is 36.0. The zero-order chi connectivity index (χ0) is 41.5. The van der Waals surface area contributed by atoms with Gasteiger partial charge in [0.2, 0.25) is 0 Å². The number of hydrogen-bond acceptors (Lipinski definition) is 0. The van der Waals surface area contributed by atoms with E-state index in [0.29, 0.717) is 0 Å². The molecule has 0 bridgehead atoms. The SMILES string of the molecule is c1ccc(-n2c3ccccc3c3cc(-c4ccc5[c](c4)[Ge]([c]4ccccc4)([c]4ccccc4)[c]4cc(-c6ccc7c8ccccc8n(-c8ccccc8)c7c6)ccc4-5)ccc32)cc1. The van der Waals surface area contributed by atoms with Crippen LogP contribution in [0.15, 0.2) is 243 Å². The Balaban J connectivity index is 1.03. The van der Waals surface area contributed by atoms with Crippen LogP contribution in [0.1, 0.15) is 0 Å². The number of aromatic nitrogens is 2. The molecule has 1 aliphatic heterocycles. The first-order chi connectivity index (χ1) is 31.3. The molecule has 0 spiro atoms. The maximum absolute atomic E-state index is 3.64. The van der Waals surface area contributed by atoms with Gasteiger partial charge in [-0.1, -0.05) is 0 Å². The quantitative estimate of drug-likeness (QED) is 0.147. The normalized spacial score (nSPS) is 12.9. The molecule has 2 nitrogen and oxygen atoms in total. The van der Waals surface area contributed by atoms with Crippen molar-refractivity contribution in [2.75, 3.05) is 0 Å². The van der Waals surface area contributed by atoms with Crippen molar-refractivity contribution in [1.29, 1.82) is 0 Å². The standard InChI is InChI=1S/C60H40GeN2/c1-5-17-45(18-6-1)61(46-19-7-2-8-20-46)55-38-42(41-32-36-59-54(37-41)52-26-14-16-28-58(52)62(59)47-21-9-3-10-22-47)29-33-49(55)50-34-30-43(39-56(50)61)44-31-35-53-51-25-13-15-27-57(51)63(60(53)40-44)48-23-11-4-12-24-48/h1-40H. The molecular formula is C60H40GeN2. The summed E-state index contributed by atoms with van der Waals surface area (Å²) in [7, 11) is 0. The van der Waals surface area contributed by atoms with E-state index in [1.807, 2.05) is 0 Å². The molecule has 0 unspecified atom stereocenters. The average Bonchev–Trinajstić information content (AvgIpc) is 3.98. The second-order valence-electron chi connectivity index (χ2n) is 16.8. The van der Waals surface area contributed by atoms with Crippen molar-refractivity contribution in [2.24, 2.45) is 0 Å². The van der Waals surface area contributed by atoms with E-state index >= 15 is 0 Å². The van der Waals surface area contributed by atoms with Gasteiger partial charge in [-0.25, -0.2) is 0 Å². The Morgan fingerprint density at radius 2 is 0.635 bits per heavy atom. The van der Waals surface area contributed by atoms with Crippen LogP contribution in [0.25, 0.3) is 88.4 Å². The van der Waals surface area contributed by atoms with Crippen LogP contribution in [-0.4, -0.2) is 22.4 Å². The van der Waals surface area contributed by atoms with Crippen molar-refractivity contribution in [3.05, 3.63) is 243 Å². The van der Waals surface area contributed by atoms with E-state index in [1.54, 1.807) is 0 Å². The first-order valence-corrected chi connectivity index (χ1v) is 26.0. The molecule has 294 valence electrons. The van der Waals surface area contributed by atoms with Crippen LogP contribution in [0, 0.1) is 0 Å². The van der Waals surface area contributed by atoms with Gasteiger partial charge in [0.05, 0.1) is 0 Å². The molecule has 3 heteroatoms. The predicted octanol–water partition coefficient (Wildman–Crippen LogP) is 12.6. The Bertz CT molecular complexity index is 3680. The van der Waals surface area contributed by atoms with Crippen molar-refractivity contribution in [1.82, 2.24) is 9.13 Å². The van der Waals surface area contributed by atoms with Crippen LogP contribution in [-0.2, 0) is 0 Å². The molecule has 0 radical (unpaired) electrons. The predicted molar refractivity (Wildman–Crippen MR) is 269 cm³/mol. The summed E-state index contributed by atoms with van der Waals surface area (Å²) in [5, 5.41) is 5.07. The summed E-state index contributed by atoms with van der Waals surface area (Å²) in [6, 6.07) is 90.8. The topological polar surface area (TPSA) is 9.86 Å². The van der Waals surface area contributed by atoms with E-state index in [0.717, 1.165) is 0 Å². The Kier molecular flexibility index (Phi) is 8.12. The zero-order valence-corrected chi connectivity index (χ0v) is 36.6. The van der Waals surface area contributed by atoms with Gasteiger partial charge in [-0.05, 0) is 0 Å². The first-order valence-electron chi connectivity index (χ1n) is 21.8. The van der Waals surface area contributed by atoms with Crippen LogP contribution < -0.4 is 17.6 Å². The summed E-state index contributed by atoms with van der Waals surface area (Å²) in [6.07, 6.45) is 0. The van der Waals surface area contributed by atoms with Crippen LogP contribution in [0.4, 0.5) is 0 Å². The molecule has 0 N–H and O–H groups in total. The fourth-order valence-electron chi connectivity index (χ4n) is 10.9. The van der Waals surface area contributed by atoms with Crippen molar-refractivity contribution in [2.45, 2.75) is 0 Å². The van der Waals surface area contributed by atoms with Crippen molar-refractivity contribution >= 4 is 74.5 Å². The van der Waals surface area contributed by atoms with Gasteiger partial charge in [0.1, 0.15) is 0 Å². The number of hydrogen-bond donors (Lipinski definition) is 0. The maximum atomic E-state index is 2.57. The third kappa shape index (κ3) is 5.38. The Hall–Kier alpha value is -7.66. The van der Waals surface area contributed by atoms with Gasteiger partial charge >= 0.3 is 371 Å². The molecule has 63 heavy (non-hydrogen) atoms. The van der Waals surface area contributed by atoms with E-state index in [9.17, 15) is 0 Å². The van der Waals surface area contributed by atoms with Crippen LogP contribution in [0.2, 0.25) is 0 Å². The van der Waals surface area contributed by atoms with Gasteiger partial charge in [-0.3, -0.25) is 0 Å². The molecular weight excluding hydrogens is 821 g/mol. The number of nitrogens with zero attached hydrogens (tertiary/aromatic N) is 2. The summed E-state index contributed by atoms with van der Waals surface area (Å²) >= 11 is -3.64. The zero-order valence-electron chi connectivity index (χ0n) is 34.5. The average molecular weight is 862 g/mol. The van der Waals surface area contributed by atoms with Crippen molar-refractivity contribution in [3.8, 4) is 44.8 Å². The molecule has 10 aromatic carbocycles. The minimum atomic E-state index is -3.64. The fraction of sp³-hybridized carbons (Fsp3) is 0. The molecule has 0 saturated carbocycles. The van der Waals surface area contributed by atoms with E-state index in [2.05, 4.69) is 252 Å². The van der Waals surface area contributed by atoms with Gasteiger partial charge < -0.3 is 0 Å². The van der Waals surface area contributed by atoms with E-state index in [1.165, 1.54) is 106 Å². The molecule has 1 aliphatic rings. The monoisotopic (exact) mass is 862 g/mol. The molecule has 12 aromatic rings. The molecule has 0 atom stereocenters. The minimum absolute atomic E-state index is 1.17. The van der Waals surface area contributed by atoms with E-state index < -0.39 is 13.3 Å². The number of rotatable bonds is 6. The molecule has 2 aromatic heterocycles. The third-order valence-electron chi connectivity index (χ3n) is 13.6. The van der Waals surface area contributed by atoms with E-state index in [-0.39, 0.29) is 0 Å².